The van der Waals surface area contributed by atoms with E-state index in [4.69, 9.17) is 0 Å². The lowest BCUT2D eigenvalue weighted by molar-refractivity contribution is -0.114. The van der Waals surface area contributed by atoms with Gasteiger partial charge in [-0.05, 0) is 72.8 Å². The maximum Gasteiger partial charge on any atom is 0.255 e. The Morgan fingerprint density at radius 2 is 0.931 bits per heavy atom. The van der Waals surface area contributed by atoms with Crippen molar-refractivity contribution in [1.82, 2.24) is 0 Å². The molecule has 0 radical (unpaired) electrons. The molecule has 0 fully saturated rings. The van der Waals surface area contributed by atoms with Gasteiger partial charge in [0.1, 0.15) is 5.82 Å². The minimum absolute atomic E-state index is 0.176. The van der Waals surface area contributed by atoms with E-state index in [0.717, 1.165) is 0 Å². The maximum absolute atomic E-state index is 12.9. The van der Waals surface area contributed by atoms with Crippen LogP contribution in [0.5, 0.6) is 0 Å². The Labute approximate surface area is 166 Å². The first-order chi connectivity index (χ1) is 13.9. The summed E-state index contributed by atoms with van der Waals surface area (Å²) in [6.07, 6.45) is 0. The Morgan fingerprint density at radius 3 is 1.31 bits per heavy atom. The van der Waals surface area contributed by atoms with Crippen molar-refractivity contribution < 1.29 is 18.8 Å². The van der Waals surface area contributed by atoms with Gasteiger partial charge in [0, 0.05) is 35.1 Å². The average Bonchev–Trinajstić information content (AvgIpc) is 2.71. The Bertz CT molecular complexity index is 1030. The molecule has 146 valence electrons. The number of anilines is 3. The van der Waals surface area contributed by atoms with Crippen LogP contribution >= 0.6 is 0 Å². The molecule has 0 unspecified atom stereocenters. The Morgan fingerprint density at radius 1 is 0.586 bits per heavy atom. The third-order valence-electron chi connectivity index (χ3n) is 3.97. The molecule has 0 aliphatic carbocycles. The number of halogens is 1. The smallest absolute Gasteiger partial charge is 0.255 e. The van der Waals surface area contributed by atoms with Gasteiger partial charge in [-0.25, -0.2) is 4.39 Å². The van der Waals surface area contributed by atoms with Crippen molar-refractivity contribution in [2.45, 2.75) is 6.92 Å². The summed E-state index contributed by atoms with van der Waals surface area (Å²) in [6.45, 7) is 1.42. The van der Waals surface area contributed by atoms with Crippen molar-refractivity contribution >= 4 is 34.8 Å². The van der Waals surface area contributed by atoms with Crippen LogP contribution in [0.25, 0.3) is 0 Å². The van der Waals surface area contributed by atoms with Gasteiger partial charge in [0.15, 0.2) is 0 Å². The zero-order valence-corrected chi connectivity index (χ0v) is 15.5. The summed E-state index contributed by atoms with van der Waals surface area (Å²) < 4.78 is 12.9. The number of rotatable bonds is 5. The van der Waals surface area contributed by atoms with Crippen molar-refractivity contribution in [1.29, 1.82) is 0 Å². The van der Waals surface area contributed by atoms with Crippen LogP contribution in [-0.4, -0.2) is 17.7 Å². The number of hydrogen-bond acceptors (Lipinski definition) is 3. The van der Waals surface area contributed by atoms with Crippen LogP contribution in [0.2, 0.25) is 0 Å². The van der Waals surface area contributed by atoms with E-state index >= 15 is 0 Å². The van der Waals surface area contributed by atoms with Crippen molar-refractivity contribution in [2.75, 3.05) is 16.0 Å². The van der Waals surface area contributed by atoms with Gasteiger partial charge in [-0.2, -0.15) is 0 Å². The molecule has 0 aromatic heterocycles. The lowest BCUT2D eigenvalue weighted by Crippen LogP contribution is -2.14. The molecule has 29 heavy (non-hydrogen) atoms. The fraction of sp³-hybridized carbons (Fsp3) is 0.0455. The molecule has 0 saturated carbocycles. The SMILES string of the molecule is CC(=O)Nc1ccc(NC(=O)c2ccc(C(=O)Nc3ccc(F)cc3)cc2)cc1. The molecule has 0 bridgehead atoms. The largest absolute Gasteiger partial charge is 0.326 e. The van der Waals surface area contributed by atoms with Gasteiger partial charge in [-0.15, -0.1) is 0 Å². The molecular formula is C22H18FN3O3. The topological polar surface area (TPSA) is 87.3 Å². The van der Waals surface area contributed by atoms with E-state index in [-0.39, 0.29) is 23.5 Å². The third kappa shape index (κ3) is 5.49. The molecule has 0 atom stereocenters. The molecule has 3 rings (SSSR count). The predicted molar refractivity (Wildman–Crippen MR) is 109 cm³/mol. The first kappa shape index (κ1) is 19.8. The van der Waals surface area contributed by atoms with Crippen molar-refractivity contribution in [3.63, 3.8) is 0 Å². The quantitative estimate of drug-likeness (QED) is 0.606. The molecule has 3 aromatic carbocycles. The average molecular weight is 391 g/mol. The van der Waals surface area contributed by atoms with Crippen molar-refractivity contribution in [3.8, 4) is 0 Å². The van der Waals surface area contributed by atoms with Gasteiger partial charge in [0.05, 0.1) is 0 Å². The number of benzene rings is 3. The summed E-state index contributed by atoms with van der Waals surface area (Å²) in [5, 5.41) is 8.05. The van der Waals surface area contributed by atoms with Gasteiger partial charge < -0.3 is 16.0 Å². The molecule has 3 amide bonds. The van der Waals surface area contributed by atoms with E-state index in [1.807, 2.05) is 0 Å². The van der Waals surface area contributed by atoms with Crippen LogP contribution in [-0.2, 0) is 4.79 Å². The molecule has 3 aromatic rings. The third-order valence-corrected chi connectivity index (χ3v) is 3.97. The summed E-state index contributed by atoms with van der Waals surface area (Å²) in [5.41, 5.74) is 2.43. The van der Waals surface area contributed by atoms with Crippen molar-refractivity contribution in [3.05, 3.63) is 89.7 Å². The number of hydrogen-bond donors (Lipinski definition) is 3. The van der Waals surface area contributed by atoms with Gasteiger partial charge in [0.2, 0.25) is 5.91 Å². The monoisotopic (exact) mass is 391 g/mol. The molecule has 0 heterocycles. The zero-order chi connectivity index (χ0) is 20.8. The van der Waals surface area contributed by atoms with Crippen LogP contribution in [0, 0.1) is 5.82 Å². The molecule has 6 nitrogen and oxygen atoms in total. The van der Waals surface area contributed by atoms with Gasteiger partial charge in [-0.3, -0.25) is 14.4 Å². The lowest BCUT2D eigenvalue weighted by Gasteiger charge is -2.08. The Kier molecular flexibility index (Phi) is 5.99. The minimum Gasteiger partial charge on any atom is -0.326 e. The summed E-state index contributed by atoms with van der Waals surface area (Å²) >= 11 is 0. The summed E-state index contributed by atoms with van der Waals surface area (Å²) in [5.74, 6) is -1.26. The lowest BCUT2D eigenvalue weighted by atomic mass is 10.1. The molecule has 0 aliphatic heterocycles. The van der Waals surface area contributed by atoms with Crippen LogP contribution in [0.3, 0.4) is 0 Å². The number of amides is 3. The maximum atomic E-state index is 12.9. The van der Waals surface area contributed by atoms with Crippen LogP contribution in [0.15, 0.2) is 72.8 Å². The fourth-order valence-corrected chi connectivity index (χ4v) is 2.55. The summed E-state index contributed by atoms with van der Waals surface area (Å²) in [4.78, 5) is 35.6. The highest BCUT2D eigenvalue weighted by molar-refractivity contribution is 6.07. The Hall–Kier alpha value is -4.00. The molecule has 0 spiro atoms. The number of nitrogens with one attached hydrogen (secondary N) is 3. The highest BCUT2D eigenvalue weighted by Gasteiger charge is 2.10. The van der Waals surface area contributed by atoms with Gasteiger partial charge in [0.25, 0.3) is 11.8 Å². The molecule has 0 saturated heterocycles. The second-order valence-corrected chi connectivity index (χ2v) is 6.25. The molecular weight excluding hydrogens is 373 g/mol. The second-order valence-electron chi connectivity index (χ2n) is 6.25. The minimum atomic E-state index is -0.386. The standard InChI is InChI=1S/C22H18FN3O3/c1-14(27)24-18-10-12-20(13-11-18)26-22(29)16-4-2-15(3-5-16)21(28)25-19-8-6-17(23)7-9-19/h2-13H,1H3,(H,24,27)(H,25,28)(H,26,29). The fourth-order valence-electron chi connectivity index (χ4n) is 2.55. The molecule has 0 aliphatic rings. The van der Waals surface area contributed by atoms with Crippen LogP contribution in [0.1, 0.15) is 27.6 Å². The van der Waals surface area contributed by atoms with E-state index < -0.39 is 0 Å². The molecule has 3 N–H and O–H groups in total. The van der Waals surface area contributed by atoms with E-state index in [0.29, 0.717) is 28.2 Å². The van der Waals surface area contributed by atoms with Crippen LogP contribution in [0.4, 0.5) is 21.5 Å². The summed E-state index contributed by atoms with van der Waals surface area (Å²) in [7, 11) is 0. The van der Waals surface area contributed by atoms with E-state index in [1.165, 1.54) is 43.3 Å². The second kappa shape index (κ2) is 8.79. The highest BCUT2D eigenvalue weighted by Crippen LogP contribution is 2.16. The van der Waals surface area contributed by atoms with Crippen LogP contribution < -0.4 is 16.0 Å². The van der Waals surface area contributed by atoms with Crippen molar-refractivity contribution in [2.24, 2.45) is 0 Å². The first-order valence-electron chi connectivity index (χ1n) is 8.77. The van der Waals surface area contributed by atoms with E-state index in [9.17, 15) is 18.8 Å². The predicted octanol–water partition coefficient (Wildman–Crippen LogP) is 4.29. The normalized spacial score (nSPS) is 10.1. The summed E-state index contributed by atoms with van der Waals surface area (Å²) in [6, 6.07) is 18.3. The first-order valence-corrected chi connectivity index (χ1v) is 8.77. The zero-order valence-electron chi connectivity index (χ0n) is 15.5. The van der Waals surface area contributed by atoms with E-state index in [1.54, 1.807) is 36.4 Å². The highest BCUT2D eigenvalue weighted by atomic mass is 19.1. The van der Waals surface area contributed by atoms with Gasteiger partial charge >= 0.3 is 0 Å². The number of carbonyl (C=O) groups is 3. The van der Waals surface area contributed by atoms with E-state index in [2.05, 4.69) is 16.0 Å². The van der Waals surface area contributed by atoms with Gasteiger partial charge in [-0.1, -0.05) is 0 Å². The Balaban J connectivity index is 1.61. The number of carbonyl (C=O) groups excluding carboxylic acids is 3. The molecule has 7 heteroatoms.